The summed E-state index contributed by atoms with van der Waals surface area (Å²) in [6, 6.07) is 0. The second-order valence-electron chi connectivity index (χ2n) is 2.33. The van der Waals surface area contributed by atoms with Gasteiger partial charge in [0.25, 0.3) is 0 Å². The fourth-order valence-electron chi connectivity index (χ4n) is 0.890. The Morgan fingerprint density at radius 3 is 3.09 bits per heavy atom. The summed E-state index contributed by atoms with van der Waals surface area (Å²) in [7, 11) is 0. The molecule has 1 rings (SSSR count). The van der Waals surface area contributed by atoms with Gasteiger partial charge in [-0.1, -0.05) is 12.2 Å². The van der Waals surface area contributed by atoms with Crippen molar-refractivity contribution in [3.8, 4) is 0 Å². The number of nitrogens with zero attached hydrogens (tertiary/aromatic N) is 1. The van der Waals surface area contributed by atoms with Gasteiger partial charge in [0.2, 0.25) is 0 Å². The van der Waals surface area contributed by atoms with Gasteiger partial charge in [-0.3, -0.25) is 0 Å². The predicted molar refractivity (Wildman–Crippen MR) is 46.0 cm³/mol. The van der Waals surface area contributed by atoms with Gasteiger partial charge in [0.1, 0.15) is 5.82 Å². The van der Waals surface area contributed by atoms with Crippen LogP contribution in [0, 0.1) is 6.92 Å². The maximum atomic E-state index is 4.11. The van der Waals surface area contributed by atoms with Gasteiger partial charge in [-0.25, -0.2) is 4.98 Å². The Labute approximate surface area is 67.4 Å². The molecule has 2 heteroatoms. The van der Waals surface area contributed by atoms with Gasteiger partial charge in [0.05, 0.1) is 0 Å². The van der Waals surface area contributed by atoms with Crippen molar-refractivity contribution >= 4 is 0 Å². The summed E-state index contributed by atoms with van der Waals surface area (Å²) in [5.41, 5.74) is 0. The van der Waals surface area contributed by atoms with E-state index in [4.69, 9.17) is 0 Å². The number of hydrogen-bond donors (Lipinski definition) is 1. The Morgan fingerprint density at radius 1 is 1.55 bits per heavy atom. The molecule has 0 spiro atoms. The van der Waals surface area contributed by atoms with Crippen molar-refractivity contribution in [2.75, 3.05) is 0 Å². The number of aryl methyl sites for hydroxylation is 1. The highest BCUT2D eigenvalue weighted by molar-refractivity contribution is 4.91. The molecule has 1 aromatic rings. The van der Waals surface area contributed by atoms with E-state index < -0.39 is 0 Å². The molecule has 1 aromatic heterocycles. The molecule has 0 aliphatic carbocycles. The molecule has 0 unspecified atom stereocenters. The van der Waals surface area contributed by atoms with E-state index in [1.807, 2.05) is 6.20 Å². The molecule has 0 atom stereocenters. The number of H-pyrrole nitrogens is 1. The summed E-state index contributed by atoms with van der Waals surface area (Å²) >= 11 is 0. The van der Waals surface area contributed by atoms with Crippen LogP contribution in [-0.2, 0) is 6.42 Å². The smallest absolute Gasteiger partial charge is 0.106 e. The molecule has 1 heterocycles. The molecule has 59 valence electrons. The first kappa shape index (κ1) is 8.05. The summed E-state index contributed by atoms with van der Waals surface area (Å²) in [6.45, 7) is 3.71. The molecular weight excluding hydrogens is 136 g/mol. The number of nitrogens with one attached hydrogen (secondary N) is 1. The molecular formula is C9H13N2. The Balaban J connectivity index is 2.19. The van der Waals surface area contributed by atoms with E-state index in [1.165, 1.54) is 0 Å². The molecule has 11 heavy (non-hydrogen) atoms. The number of aromatic nitrogens is 2. The van der Waals surface area contributed by atoms with Crippen molar-refractivity contribution < 1.29 is 0 Å². The van der Waals surface area contributed by atoms with E-state index >= 15 is 0 Å². The third-order valence-electron chi connectivity index (χ3n) is 1.44. The largest absolute Gasteiger partial charge is 0.349 e. The molecule has 0 aliphatic heterocycles. The minimum absolute atomic E-state index is 0.873. The van der Waals surface area contributed by atoms with Crippen molar-refractivity contribution in [2.45, 2.75) is 19.3 Å². The number of hydrogen-bond acceptors (Lipinski definition) is 1. The molecule has 0 aliphatic rings. The first-order valence-electron chi connectivity index (χ1n) is 3.86. The third-order valence-corrected chi connectivity index (χ3v) is 1.44. The summed E-state index contributed by atoms with van der Waals surface area (Å²) in [5.74, 6) is 1.05. The van der Waals surface area contributed by atoms with Crippen molar-refractivity contribution in [1.82, 2.24) is 9.97 Å². The minimum atomic E-state index is 0.873. The van der Waals surface area contributed by atoms with Crippen molar-refractivity contribution in [1.29, 1.82) is 0 Å². The van der Waals surface area contributed by atoms with Gasteiger partial charge < -0.3 is 4.98 Å². The van der Waals surface area contributed by atoms with Crippen LogP contribution in [-0.4, -0.2) is 9.97 Å². The SMILES string of the molecule is [CH2]CC=CCCc1ncc[nH]1. The van der Waals surface area contributed by atoms with E-state index in [0.29, 0.717) is 0 Å². The third kappa shape index (κ3) is 3.03. The standard InChI is InChI=1S/C9H13N2/c1-2-3-4-5-6-9-10-7-8-11-9/h3-4,7-8H,1-2,5-6H2,(H,10,11). The van der Waals surface area contributed by atoms with E-state index in [9.17, 15) is 0 Å². The van der Waals surface area contributed by atoms with Gasteiger partial charge in [-0.05, 0) is 19.8 Å². The zero-order chi connectivity index (χ0) is 7.94. The van der Waals surface area contributed by atoms with E-state index in [2.05, 4.69) is 29.0 Å². The molecule has 0 fully saturated rings. The van der Waals surface area contributed by atoms with Crippen LogP contribution in [0.25, 0.3) is 0 Å². The summed E-state index contributed by atoms with van der Waals surface area (Å²) in [6.07, 6.45) is 10.7. The first-order chi connectivity index (χ1) is 5.43. The molecule has 0 aromatic carbocycles. The lowest BCUT2D eigenvalue weighted by molar-refractivity contribution is 0.907. The maximum absolute atomic E-state index is 4.11. The van der Waals surface area contributed by atoms with Crippen LogP contribution in [0.1, 0.15) is 18.7 Å². The molecule has 0 saturated carbocycles. The van der Waals surface area contributed by atoms with Crippen LogP contribution < -0.4 is 0 Å². The lowest BCUT2D eigenvalue weighted by Crippen LogP contribution is -1.84. The van der Waals surface area contributed by atoms with Crippen molar-refractivity contribution in [3.05, 3.63) is 37.3 Å². The fourth-order valence-corrected chi connectivity index (χ4v) is 0.890. The Kier molecular flexibility index (Phi) is 3.45. The highest BCUT2D eigenvalue weighted by atomic mass is 14.9. The van der Waals surface area contributed by atoms with E-state index in [-0.39, 0.29) is 0 Å². The molecule has 2 nitrogen and oxygen atoms in total. The van der Waals surface area contributed by atoms with Gasteiger partial charge in [0.15, 0.2) is 0 Å². The second kappa shape index (κ2) is 4.72. The Hall–Kier alpha value is -1.05. The van der Waals surface area contributed by atoms with Crippen molar-refractivity contribution in [3.63, 3.8) is 0 Å². The molecule has 0 amide bonds. The summed E-state index contributed by atoms with van der Waals surface area (Å²) < 4.78 is 0. The number of rotatable bonds is 4. The lowest BCUT2D eigenvalue weighted by atomic mass is 10.2. The maximum Gasteiger partial charge on any atom is 0.106 e. The fraction of sp³-hybridized carbons (Fsp3) is 0.333. The Morgan fingerprint density at radius 2 is 2.45 bits per heavy atom. The highest BCUT2D eigenvalue weighted by Gasteiger charge is 1.89. The monoisotopic (exact) mass is 149 g/mol. The average Bonchev–Trinajstić information content (AvgIpc) is 2.50. The average molecular weight is 149 g/mol. The number of allylic oxidation sites excluding steroid dienone is 2. The highest BCUT2D eigenvalue weighted by Crippen LogP contribution is 1.95. The Bertz CT molecular complexity index is 199. The predicted octanol–water partition coefficient (Wildman–Crippen LogP) is 2.12. The van der Waals surface area contributed by atoms with Crippen LogP contribution in [0.4, 0.5) is 0 Å². The zero-order valence-corrected chi connectivity index (χ0v) is 6.59. The van der Waals surface area contributed by atoms with Gasteiger partial charge in [-0.15, -0.1) is 0 Å². The number of imidazole rings is 1. The lowest BCUT2D eigenvalue weighted by Gasteiger charge is -1.89. The van der Waals surface area contributed by atoms with E-state index in [0.717, 1.165) is 25.1 Å². The topological polar surface area (TPSA) is 28.7 Å². The summed E-state index contributed by atoms with van der Waals surface area (Å²) in [5, 5.41) is 0. The quantitative estimate of drug-likeness (QED) is 0.653. The minimum Gasteiger partial charge on any atom is -0.349 e. The van der Waals surface area contributed by atoms with Crippen LogP contribution >= 0.6 is 0 Å². The van der Waals surface area contributed by atoms with Crippen LogP contribution in [0.2, 0.25) is 0 Å². The van der Waals surface area contributed by atoms with E-state index in [1.54, 1.807) is 6.20 Å². The van der Waals surface area contributed by atoms with Crippen LogP contribution in [0.15, 0.2) is 24.5 Å². The molecule has 0 saturated heterocycles. The normalized spacial score (nSPS) is 11.0. The van der Waals surface area contributed by atoms with Gasteiger partial charge >= 0.3 is 0 Å². The number of aromatic amines is 1. The van der Waals surface area contributed by atoms with Gasteiger partial charge in [0, 0.05) is 18.8 Å². The van der Waals surface area contributed by atoms with Crippen LogP contribution in [0.3, 0.4) is 0 Å². The summed E-state index contributed by atoms with van der Waals surface area (Å²) in [4.78, 5) is 7.16. The molecule has 1 N–H and O–H groups in total. The van der Waals surface area contributed by atoms with Crippen molar-refractivity contribution in [2.24, 2.45) is 0 Å². The molecule has 0 bridgehead atoms. The van der Waals surface area contributed by atoms with Gasteiger partial charge in [-0.2, -0.15) is 0 Å². The second-order valence-corrected chi connectivity index (χ2v) is 2.33. The zero-order valence-electron chi connectivity index (χ0n) is 6.59. The molecule has 1 radical (unpaired) electrons. The first-order valence-corrected chi connectivity index (χ1v) is 3.86. The van der Waals surface area contributed by atoms with Crippen LogP contribution in [0.5, 0.6) is 0 Å².